The summed E-state index contributed by atoms with van der Waals surface area (Å²) >= 11 is 7.44. The summed E-state index contributed by atoms with van der Waals surface area (Å²) < 4.78 is 2.43. The molecule has 0 bridgehead atoms. The van der Waals surface area contributed by atoms with Crippen molar-refractivity contribution in [3.05, 3.63) is 84.8 Å². The number of nitrogens with one attached hydrogen (secondary N) is 1. The molecule has 0 atom stereocenters. The number of fused-ring (bicyclic) bond motifs is 1. The van der Waals surface area contributed by atoms with E-state index in [1.807, 2.05) is 45.0 Å². The molecule has 4 aromatic rings. The number of nitrogens with zero attached hydrogens (tertiary/aromatic N) is 3. The fraction of sp³-hybridized carbons (Fsp3) is 0.208. The molecule has 0 saturated carbocycles. The molecule has 0 aliphatic rings. The number of benzene rings is 2. The van der Waals surface area contributed by atoms with Gasteiger partial charge in [-0.3, -0.25) is 14.2 Å². The lowest BCUT2D eigenvalue weighted by Gasteiger charge is -2.14. The highest BCUT2D eigenvalue weighted by molar-refractivity contribution is 7.18. The molecule has 0 aliphatic heterocycles. The van der Waals surface area contributed by atoms with Crippen LogP contribution >= 0.6 is 22.9 Å². The zero-order valence-corrected chi connectivity index (χ0v) is 20.3. The van der Waals surface area contributed by atoms with Crippen molar-refractivity contribution in [1.29, 1.82) is 0 Å². The minimum Gasteiger partial charge on any atom is -0.378 e. The molecule has 0 radical (unpaired) electrons. The smallest absolute Gasteiger partial charge is 0.337 e. The first-order valence-corrected chi connectivity index (χ1v) is 11.5. The van der Waals surface area contributed by atoms with E-state index in [0.29, 0.717) is 26.6 Å². The fourth-order valence-electron chi connectivity index (χ4n) is 3.63. The summed E-state index contributed by atoms with van der Waals surface area (Å²) in [4.78, 5) is 43.0. The molecule has 0 fully saturated rings. The van der Waals surface area contributed by atoms with Gasteiger partial charge in [-0.2, -0.15) is 0 Å². The van der Waals surface area contributed by atoms with Crippen molar-refractivity contribution < 1.29 is 4.79 Å². The molecular weight excluding hydrogens is 460 g/mol. The number of carbonyl (C=O) groups is 1. The van der Waals surface area contributed by atoms with Crippen molar-refractivity contribution in [2.45, 2.75) is 20.4 Å². The number of hydrogen-bond acceptors (Lipinski definition) is 5. The molecular formula is C24H23ClN4O3S. The lowest BCUT2D eigenvalue weighted by molar-refractivity contribution is -0.116. The summed E-state index contributed by atoms with van der Waals surface area (Å²) in [7, 11) is 3.87. The van der Waals surface area contributed by atoms with E-state index >= 15 is 0 Å². The summed E-state index contributed by atoms with van der Waals surface area (Å²) in [5.41, 5.74) is 1.77. The Bertz CT molecular complexity index is 1480. The van der Waals surface area contributed by atoms with E-state index in [2.05, 4.69) is 5.32 Å². The van der Waals surface area contributed by atoms with Crippen molar-refractivity contribution in [1.82, 2.24) is 9.13 Å². The Labute approximate surface area is 199 Å². The van der Waals surface area contributed by atoms with Crippen LogP contribution in [0.25, 0.3) is 15.9 Å². The molecule has 0 spiro atoms. The zero-order valence-electron chi connectivity index (χ0n) is 18.7. The summed E-state index contributed by atoms with van der Waals surface area (Å²) in [6, 6.07) is 13.9. The summed E-state index contributed by atoms with van der Waals surface area (Å²) in [5, 5.41) is 3.67. The average molecular weight is 483 g/mol. The molecule has 9 heteroatoms. The Kier molecular flexibility index (Phi) is 6.14. The number of aryl methyl sites for hydroxylation is 2. The molecule has 2 heterocycles. The third-order valence-corrected chi connectivity index (χ3v) is 6.95. The van der Waals surface area contributed by atoms with E-state index in [0.717, 1.165) is 20.7 Å². The van der Waals surface area contributed by atoms with Gasteiger partial charge in [0.05, 0.1) is 11.1 Å². The molecule has 2 aromatic heterocycles. The molecule has 33 heavy (non-hydrogen) atoms. The third-order valence-electron chi connectivity index (χ3n) is 5.49. The predicted molar refractivity (Wildman–Crippen MR) is 136 cm³/mol. The van der Waals surface area contributed by atoms with E-state index < -0.39 is 11.2 Å². The second-order valence-corrected chi connectivity index (χ2v) is 9.58. The number of thiophene rings is 1. The summed E-state index contributed by atoms with van der Waals surface area (Å²) in [6.07, 6.45) is 0. The van der Waals surface area contributed by atoms with E-state index in [-0.39, 0.29) is 12.5 Å². The van der Waals surface area contributed by atoms with Crippen LogP contribution in [0.5, 0.6) is 0 Å². The lowest BCUT2D eigenvalue weighted by atomic mass is 10.2. The molecule has 1 N–H and O–H groups in total. The predicted octanol–water partition coefficient (Wildman–Crippen LogP) is 4.19. The minimum atomic E-state index is -0.589. The Balaban J connectivity index is 1.80. The molecule has 4 rings (SSSR count). The van der Waals surface area contributed by atoms with E-state index in [4.69, 9.17) is 11.6 Å². The van der Waals surface area contributed by atoms with Crippen molar-refractivity contribution >= 4 is 50.4 Å². The highest BCUT2D eigenvalue weighted by Gasteiger charge is 2.21. The van der Waals surface area contributed by atoms with Crippen LogP contribution in [0.15, 0.2) is 58.1 Å². The number of aromatic nitrogens is 2. The van der Waals surface area contributed by atoms with Gasteiger partial charge in [-0.1, -0.05) is 17.7 Å². The SMILES string of the molecule is Cc1sc2c(c1C)c(=O)n(-c1cccc(Cl)c1)c(=O)n2CC(=O)Nc1ccc(N(C)C)cc1. The van der Waals surface area contributed by atoms with Crippen molar-refractivity contribution in [2.24, 2.45) is 0 Å². The summed E-state index contributed by atoms with van der Waals surface area (Å²) in [6.45, 7) is 3.51. The van der Waals surface area contributed by atoms with Gasteiger partial charge in [-0.05, 0) is 61.9 Å². The van der Waals surface area contributed by atoms with Gasteiger partial charge < -0.3 is 10.2 Å². The number of halogens is 1. The van der Waals surface area contributed by atoms with E-state index in [1.54, 1.807) is 36.4 Å². The largest absolute Gasteiger partial charge is 0.378 e. The van der Waals surface area contributed by atoms with Crippen LogP contribution in [-0.4, -0.2) is 29.1 Å². The number of anilines is 2. The average Bonchev–Trinajstić information content (AvgIpc) is 3.06. The highest BCUT2D eigenvalue weighted by Crippen LogP contribution is 2.27. The van der Waals surface area contributed by atoms with Gasteiger partial charge in [-0.25, -0.2) is 9.36 Å². The van der Waals surface area contributed by atoms with Crippen LogP contribution in [0, 0.1) is 13.8 Å². The Morgan fingerprint density at radius 3 is 2.42 bits per heavy atom. The van der Waals surface area contributed by atoms with Crippen LogP contribution < -0.4 is 21.5 Å². The van der Waals surface area contributed by atoms with Crippen LogP contribution in [0.1, 0.15) is 10.4 Å². The van der Waals surface area contributed by atoms with Crippen molar-refractivity contribution in [3.63, 3.8) is 0 Å². The second-order valence-electron chi connectivity index (χ2n) is 7.94. The molecule has 7 nitrogen and oxygen atoms in total. The topological polar surface area (TPSA) is 76.3 Å². The van der Waals surface area contributed by atoms with Gasteiger partial charge in [0.1, 0.15) is 11.4 Å². The molecule has 0 saturated heterocycles. The van der Waals surface area contributed by atoms with Crippen molar-refractivity contribution in [2.75, 3.05) is 24.3 Å². The zero-order chi connectivity index (χ0) is 23.9. The lowest BCUT2D eigenvalue weighted by Crippen LogP contribution is -2.40. The molecule has 2 aromatic carbocycles. The van der Waals surface area contributed by atoms with Crippen LogP contribution in [0.4, 0.5) is 11.4 Å². The van der Waals surface area contributed by atoms with Crippen LogP contribution in [-0.2, 0) is 11.3 Å². The Morgan fingerprint density at radius 2 is 1.79 bits per heavy atom. The maximum absolute atomic E-state index is 13.4. The molecule has 1 amide bonds. The Morgan fingerprint density at radius 1 is 1.09 bits per heavy atom. The number of carbonyl (C=O) groups excluding carboxylic acids is 1. The quantitative estimate of drug-likeness (QED) is 0.463. The van der Waals surface area contributed by atoms with Crippen molar-refractivity contribution in [3.8, 4) is 5.69 Å². The Hall–Kier alpha value is -3.36. The van der Waals surface area contributed by atoms with Gasteiger partial charge in [0.15, 0.2) is 0 Å². The van der Waals surface area contributed by atoms with Gasteiger partial charge in [-0.15, -0.1) is 11.3 Å². The molecule has 0 aliphatic carbocycles. The monoisotopic (exact) mass is 482 g/mol. The van der Waals surface area contributed by atoms with Crippen LogP contribution in [0.2, 0.25) is 5.02 Å². The van der Waals surface area contributed by atoms with E-state index in [9.17, 15) is 14.4 Å². The number of hydrogen-bond donors (Lipinski definition) is 1. The normalized spacial score (nSPS) is 11.1. The minimum absolute atomic E-state index is 0.231. The van der Waals surface area contributed by atoms with Gasteiger partial charge in [0.2, 0.25) is 5.91 Å². The second kappa shape index (κ2) is 8.88. The summed E-state index contributed by atoms with van der Waals surface area (Å²) in [5.74, 6) is -0.365. The first-order valence-electron chi connectivity index (χ1n) is 10.3. The van der Waals surface area contributed by atoms with E-state index in [1.165, 1.54) is 15.9 Å². The maximum atomic E-state index is 13.4. The highest BCUT2D eigenvalue weighted by atomic mass is 35.5. The molecule has 170 valence electrons. The number of rotatable bonds is 5. The molecule has 0 unspecified atom stereocenters. The van der Waals surface area contributed by atoms with Crippen LogP contribution in [0.3, 0.4) is 0 Å². The van der Waals surface area contributed by atoms with Gasteiger partial charge in [0.25, 0.3) is 5.56 Å². The maximum Gasteiger partial charge on any atom is 0.337 e. The third kappa shape index (κ3) is 4.31. The standard InChI is InChI=1S/C24H23ClN4O3S/c1-14-15(2)33-23-21(14)22(31)29(19-7-5-6-16(25)12-19)24(32)28(23)13-20(30)26-17-8-10-18(11-9-17)27(3)4/h5-12H,13H2,1-4H3,(H,26,30). The first-order chi connectivity index (χ1) is 15.7. The van der Waals surface area contributed by atoms with Gasteiger partial charge >= 0.3 is 5.69 Å². The fourth-order valence-corrected chi connectivity index (χ4v) is 4.95. The van der Waals surface area contributed by atoms with Gasteiger partial charge in [0, 0.05) is 35.4 Å². The first kappa shape index (κ1) is 22.8. The number of amides is 1.